The van der Waals surface area contributed by atoms with Gasteiger partial charge < -0.3 is 15.0 Å². The molecule has 1 unspecified atom stereocenters. The van der Waals surface area contributed by atoms with Crippen LogP contribution in [0.3, 0.4) is 0 Å². The molecule has 0 saturated carbocycles. The van der Waals surface area contributed by atoms with Crippen molar-refractivity contribution >= 4 is 33.4 Å². The van der Waals surface area contributed by atoms with Crippen molar-refractivity contribution in [3.05, 3.63) is 34.9 Å². The van der Waals surface area contributed by atoms with E-state index in [-0.39, 0.29) is 19.0 Å². The molecular formula is C20H31ClN4O5S. The third kappa shape index (κ3) is 8.38. The summed E-state index contributed by atoms with van der Waals surface area (Å²) in [6.07, 6.45) is 1.03. The number of hydrogen-bond acceptors (Lipinski definition) is 6. The number of likely N-dealkylation sites (N-methyl/N-ethyl adjacent to an activating group) is 1. The normalized spacial score (nSPS) is 16.2. The highest BCUT2D eigenvalue weighted by Crippen LogP contribution is 2.14. The van der Waals surface area contributed by atoms with Crippen LogP contribution in [0.25, 0.3) is 0 Å². The number of sulfonamides is 1. The van der Waals surface area contributed by atoms with Gasteiger partial charge in [0, 0.05) is 44.8 Å². The molecule has 0 spiro atoms. The van der Waals surface area contributed by atoms with Crippen molar-refractivity contribution in [3.63, 3.8) is 0 Å². The monoisotopic (exact) mass is 474 g/mol. The topological polar surface area (TPSA) is 99.3 Å². The highest BCUT2D eigenvalue weighted by atomic mass is 35.5. The molecule has 1 aliphatic heterocycles. The van der Waals surface area contributed by atoms with Crippen LogP contribution in [0.5, 0.6) is 0 Å². The summed E-state index contributed by atoms with van der Waals surface area (Å²) in [6, 6.07) is 6.17. The number of halogens is 1. The van der Waals surface area contributed by atoms with E-state index in [1.54, 1.807) is 31.2 Å². The van der Waals surface area contributed by atoms with E-state index in [1.807, 2.05) is 0 Å². The minimum atomic E-state index is -3.53. The number of ether oxygens (including phenoxy) is 1. The molecule has 1 saturated heterocycles. The second kappa shape index (κ2) is 11.8. The summed E-state index contributed by atoms with van der Waals surface area (Å²) in [5, 5.41) is 3.44. The predicted molar refractivity (Wildman–Crippen MR) is 119 cm³/mol. The van der Waals surface area contributed by atoms with Crippen LogP contribution in [0.2, 0.25) is 5.02 Å². The standard InChI is InChI=1S/C20H31ClN4O5S/c1-16(20(27)22-8-9-24-10-12-30-13-11-24)25(14-17-4-6-18(21)7-5-17)19(26)15-23(2)31(3,28)29/h4-7,16H,8-15H2,1-3H3,(H,22,27). The first kappa shape index (κ1) is 25.5. The molecule has 1 atom stereocenters. The molecule has 0 radical (unpaired) electrons. The van der Waals surface area contributed by atoms with Gasteiger partial charge in [0.2, 0.25) is 21.8 Å². The maximum Gasteiger partial charge on any atom is 0.242 e. The number of benzene rings is 1. The van der Waals surface area contributed by atoms with Gasteiger partial charge in [-0.3, -0.25) is 14.5 Å². The second-order valence-corrected chi connectivity index (χ2v) is 10.1. The van der Waals surface area contributed by atoms with Crippen molar-refractivity contribution < 1.29 is 22.7 Å². The SMILES string of the molecule is CC(C(=O)NCCN1CCOCC1)N(Cc1ccc(Cl)cc1)C(=O)CN(C)S(C)(=O)=O. The van der Waals surface area contributed by atoms with Crippen molar-refractivity contribution in [3.8, 4) is 0 Å². The largest absolute Gasteiger partial charge is 0.379 e. The number of morpholine rings is 1. The minimum Gasteiger partial charge on any atom is -0.379 e. The minimum absolute atomic E-state index is 0.158. The van der Waals surface area contributed by atoms with Crippen LogP contribution < -0.4 is 5.32 Å². The van der Waals surface area contributed by atoms with Crippen LogP contribution in [-0.2, 0) is 30.9 Å². The first-order valence-electron chi connectivity index (χ1n) is 10.1. The highest BCUT2D eigenvalue weighted by Gasteiger charge is 2.28. The molecular weight excluding hydrogens is 444 g/mol. The van der Waals surface area contributed by atoms with Gasteiger partial charge in [0.1, 0.15) is 6.04 Å². The Bertz CT molecular complexity index is 844. The van der Waals surface area contributed by atoms with Crippen LogP contribution in [-0.4, -0.2) is 99.6 Å². The lowest BCUT2D eigenvalue weighted by Crippen LogP contribution is -2.51. The Labute approximate surface area is 189 Å². The van der Waals surface area contributed by atoms with Crippen molar-refractivity contribution in [1.29, 1.82) is 0 Å². The second-order valence-electron chi connectivity index (χ2n) is 7.59. The zero-order valence-corrected chi connectivity index (χ0v) is 19.8. The van der Waals surface area contributed by atoms with E-state index in [9.17, 15) is 18.0 Å². The molecule has 1 heterocycles. The van der Waals surface area contributed by atoms with Crippen LogP contribution in [0.4, 0.5) is 0 Å². The fraction of sp³-hybridized carbons (Fsp3) is 0.600. The first-order chi connectivity index (χ1) is 14.6. The van der Waals surface area contributed by atoms with Crippen molar-refractivity contribution in [2.24, 2.45) is 0 Å². The maximum absolute atomic E-state index is 12.9. The summed E-state index contributed by atoms with van der Waals surface area (Å²) in [4.78, 5) is 29.3. The van der Waals surface area contributed by atoms with Crippen molar-refractivity contribution in [1.82, 2.24) is 19.4 Å². The number of rotatable bonds is 10. The molecule has 1 aromatic rings. The molecule has 1 fully saturated rings. The average molecular weight is 475 g/mol. The molecule has 174 valence electrons. The molecule has 2 rings (SSSR count). The molecule has 0 aliphatic carbocycles. The molecule has 0 aromatic heterocycles. The molecule has 31 heavy (non-hydrogen) atoms. The first-order valence-corrected chi connectivity index (χ1v) is 12.3. The highest BCUT2D eigenvalue weighted by molar-refractivity contribution is 7.88. The summed E-state index contributed by atoms with van der Waals surface area (Å²) < 4.78 is 29.7. The smallest absolute Gasteiger partial charge is 0.242 e. The lowest BCUT2D eigenvalue weighted by molar-refractivity contribution is -0.140. The number of carbonyl (C=O) groups excluding carboxylic acids is 2. The lowest BCUT2D eigenvalue weighted by Gasteiger charge is -2.31. The van der Waals surface area contributed by atoms with Crippen LogP contribution in [0, 0.1) is 0 Å². The fourth-order valence-electron chi connectivity index (χ4n) is 3.08. The third-order valence-electron chi connectivity index (χ3n) is 5.19. The zero-order valence-electron chi connectivity index (χ0n) is 18.2. The average Bonchev–Trinajstić information content (AvgIpc) is 2.72. The van der Waals surface area contributed by atoms with E-state index in [4.69, 9.17) is 16.3 Å². The lowest BCUT2D eigenvalue weighted by atomic mass is 10.1. The van der Waals surface area contributed by atoms with Gasteiger partial charge in [-0.25, -0.2) is 8.42 Å². The van der Waals surface area contributed by atoms with Gasteiger partial charge in [0.25, 0.3) is 0 Å². The van der Waals surface area contributed by atoms with Gasteiger partial charge in [-0.2, -0.15) is 4.31 Å². The van der Waals surface area contributed by atoms with E-state index < -0.39 is 22.0 Å². The molecule has 1 N–H and O–H groups in total. The van der Waals surface area contributed by atoms with Crippen LogP contribution in [0.15, 0.2) is 24.3 Å². The van der Waals surface area contributed by atoms with Gasteiger partial charge in [0.15, 0.2) is 0 Å². The quantitative estimate of drug-likeness (QED) is 0.527. The van der Waals surface area contributed by atoms with Gasteiger partial charge in [-0.1, -0.05) is 23.7 Å². The van der Waals surface area contributed by atoms with Gasteiger partial charge in [-0.15, -0.1) is 0 Å². The Balaban J connectivity index is 2.04. The summed E-state index contributed by atoms with van der Waals surface area (Å²) >= 11 is 5.93. The van der Waals surface area contributed by atoms with E-state index in [0.717, 1.165) is 29.2 Å². The molecule has 11 heteroatoms. The number of carbonyl (C=O) groups is 2. The molecule has 1 aromatic carbocycles. The van der Waals surface area contributed by atoms with Crippen LogP contribution in [0.1, 0.15) is 12.5 Å². The Morgan fingerprint density at radius 1 is 1.23 bits per heavy atom. The summed E-state index contributed by atoms with van der Waals surface area (Å²) in [5.41, 5.74) is 0.785. The van der Waals surface area contributed by atoms with Crippen LogP contribution >= 0.6 is 11.6 Å². The summed E-state index contributed by atoms with van der Waals surface area (Å²) in [5.74, 6) is -0.753. The fourth-order valence-corrected chi connectivity index (χ4v) is 3.55. The Kier molecular flexibility index (Phi) is 9.70. The van der Waals surface area contributed by atoms with Crippen molar-refractivity contribution in [2.45, 2.75) is 19.5 Å². The molecule has 9 nitrogen and oxygen atoms in total. The van der Waals surface area contributed by atoms with Gasteiger partial charge >= 0.3 is 0 Å². The zero-order chi connectivity index (χ0) is 23.0. The predicted octanol–water partition coefficient (Wildman–Crippen LogP) is 0.397. The molecule has 0 bridgehead atoms. The number of nitrogens with one attached hydrogen (secondary N) is 1. The molecule has 1 aliphatic rings. The number of hydrogen-bond donors (Lipinski definition) is 1. The van der Waals surface area contributed by atoms with E-state index in [0.29, 0.717) is 31.3 Å². The Hall–Kier alpha value is -1.72. The van der Waals surface area contributed by atoms with E-state index in [2.05, 4.69) is 10.2 Å². The third-order valence-corrected chi connectivity index (χ3v) is 6.70. The molecule has 2 amide bonds. The number of amides is 2. The number of nitrogens with zero attached hydrogens (tertiary/aromatic N) is 3. The van der Waals surface area contributed by atoms with E-state index >= 15 is 0 Å². The Morgan fingerprint density at radius 3 is 2.42 bits per heavy atom. The van der Waals surface area contributed by atoms with E-state index in [1.165, 1.54) is 11.9 Å². The van der Waals surface area contributed by atoms with Gasteiger partial charge in [0.05, 0.1) is 26.0 Å². The Morgan fingerprint density at radius 2 is 1.84 bits per heavy atom. The maximum atomic E-state index is 12.9. The summed E-state index contributed by atoms with van der Waals surface area (Å²) in [7, 11) is -2.20. The summed E-state index contributed by atoms with van der Waals surface area (Å²) in [6.45, 7) is 5.61. The van der Waals surface area contributed by atoms with Crippen molar-refractivity contribution in [2.75, 3.05) is 59.2 Å². The van der Waals surface area contributed by atoms with Gasteiger partial charge in [-0.05, 0) is 24.6 Å².